The van der Waals surface area contributed by atoms with Gasteiger partial charge in [-0.05, 0) is 64.5 Å². The molecule has 0 amide bonds. The highest BCUT2D eigenvalue weighted by Gasteiger charge is 2.20. The van der Waals surface area contributed by atoms with Gasteiger partial charge < -0.3 is 14.3 Å². The smallest absolute Gasteiger partial charge is 0.335 e. The maximum absolute atomic E-state index is 12.0. The summed E-state index contributed by atoms with van der Waals surface area (Å²) in [6, 6.07) is 0.717. The summed E-state index contributed by atoms with van der Waals surface area (Å²) in [5.41, 5.74) is 0. The van der Waals surface area contributed by atoms with Crippen molar-refractivity contribution < 1.29 is 19.1 Å². The van der Waals surface area contributed by atoms with Gasteiger partial charge in [-0.25, -0.2) is 4.79 Å². The summed E-state index contributed by atoms with van der Waals surface area (Å²) in [6.45, 7) is 6.61. The number of esters is 1. The zero-order chi connectivity index (χ0) is 21.6. The standard InChI is InChI=1S/C24H43O4Si/c1-4-6-7-8-9-10-11-12-13-14-15-16-17-18-20-23(24(25)27-5-2)28-21-19-22-29(3)26/h6-7,9-10,12-13,23,29H,4-5,8,11,14-22H2,1-3H3. The van der Waals surface area contributed by atoms with Gasteiger partial charge in [0.2, 0.25) is 9.04 Å². The van der Waals surface area contributed by atoms with E-state index < -0.39 is 15.1 Å². The Morgan fingerprint density at radius 3 is 2.21 bits per heavy atom. The van der Waals surface area contributed by atoms with Gasteiger partial charge in [-0.15, -0.1) is 0 Å². The molecule has 0 aromatic rings. The first-order valence-corrected chi connectivity index (χ1v) is 13.9. The SMILES string of the molecule is CCC=CCC=CCC=CCCCCCCC(OCCC[SiH](C)[O])C(=O)OCC. The summed E-state index contributed by atoms with van der Waals surface area (Å²) in [5, 5.41) is 0. The highest BCUT2D eigenvalue weighted by atomic mass is 28.3. The van der Waals surface area contributed by atoms with Gasteiger partial charge in [0, 0.05) is 6.61 Å². The molecule has 0 fully saturated rings. The van der Waals surface area contributed by atoms with Gasteiger partial charge in [0.1, 0.15) is 0 Å². The lowest BCUT2D eigenvalue weighted by atomic mass is 10.1. The molecule has 2 atom stereocenters. The molecule has 167 valence electrons. The molecule has 5 heteroatoms. The van der Waals surface area contributed by atoms with E-state index in [1.807, 2.05) is 6.92 Å². The fourth-order valence-electron chi connectivity index (χ4n) is 2.87. The molecule has 0 aliphatic rings. The predicted molar refractivity (Wildman–Crippen MR) is 124 cm³/mol. The van der Waals surface area contributed by atoms with Gasteiger partial charge in [0.25, 0.3) is 0 Å². The van der Waals surface area contributed by atoms with E-state index in [2.05, 4.69) is 43.4 Å². The van der Waals surface area contributed by atoms with Crippen LogP contribution in [0.5, 0.6) is 0 Å². The van der Waals surface area contributed by atoms with Crippen LogP contribution in [0, 0.1) is 0 Å². The average Bonchev–Trinajstić information content (AvgIpc) is 2.69. The summed E-state index contributed by atoms with van der Waals surface area (Å²) >= 11 is 0. The van der Waals surface area contributed by atoms with E-state index in [-0.39, 0.29) is 5.97 Å². The van der Waals surface area contributed by atoms with Crippen LogP contribution >= 0.6 is 0 Å². The van der Waals surface area contributed by atoms with Gasteiger partial charge in [-0.2, -0.15) is 0 Å². The van der Waals surface area contributed by atoms with Crippen molar-refractivity contribution in [2.75, 3.05) is 13.2 Å². The second-order valence-electron chi connectivity index (χ2n) is 7.35. The van der Waals surface area contributed by atoms with Crippen molar-refractivity contribution in [2.24, 2.45) is 0 Å². The van der Waals surface area contributed by atoms with E-state index in [9.17, 15) is 9.59 Å². The molecule has 0 heterocycles. The van der Waals surface area contributed by atoms with E-state index >= 15 is 0 Å². The lowest BCUT2D eigenvalue weighted by molar-refractivity contribution is -0.157. The first kappa shape index (κ1) is 27.8. The Balaban J connectivity index is 3.80. The van der Waals surface area contributed by atoms with Crippen molar-refractivity contribution >= 4 is 15.0 Å². The third-order valence-electron chi connectivity index (χ3n) is 4.49. The number of carbonyl (C=O) groups is 1. The van der Waals surface area contributed by atoms with Crippen molar-refractivity contribution in [1.29, 1.82) is 0 Å². The predicted octanol–water partition coefficient (Wildman–Crippen LogP) is 6.31. The van der Waals surface area contributed by atoms with Gasteiger partial charge in [0.05, 0.1) is 6.61 Å². The van der Waals surface area contributed by atoms with Crippen molar-refractivity contribution in [3.05, 3.63) is 36.5 Å². The second kappa shape index (κ2) is 21.5. The molecule has 0 aromatic carbocycles. The molecule has 0 bridgehead atoms. The van der Waals surface area contributed by atoms with Gasteiger partial charge in [-0.3, -0.25) is 0 Å². The summed E-state index contributed by atoms with van der Waals surface area (Å²) in [6.07, 6.45) is 22.9. The van der Waals surface area contributed by atoms with Crippen LogP contribution in [-0.2, 0) is 19.1 Å². The molecule has 0 saturated carbocycles. The lowest BCUT2D eigenvalue weighted by Gasteiger charge is -2.16. The first-order chi connectivity index (χ1) is 14.1. The number of hydrogen-bond acceptors (Lipinski definition) is 3. The van der Waals surface area contributed by atoms with Gasteiger partial charge >= 0.3 is 5.97 Å². The lowest BCUT2D eigenvalue weighted by Crippen LogP contribution is -2.27. The molecule has 0 saturated heterocycles. The van der Waals surface area contributed by atoms with E-state index in [4.69, 9.17) is 9.47 Å². The summed E-state index contributed by atoms with van der Waals surface area (Å²) in [5.74, 6) is -0.263. The summed E-state index contributed by atoms with van der Waals surface area (Å²) in [7, 11) is -1.78. The van der Waals surface area contributed by atoms with Crippen molar-refractivity contribution in [2.45, 2.75) is 96.8 Å². The molecule has 0 aliphatic carbocycles. The Hall–Kier alpha value is -1.17. The molecule has 29 heavy (non-hydrogen) atoms. The first-order valence-electron chi connectivity index (χ1n) is 11.5. The largest absolute Gasteiger partial charge is 0.464 e. The molecule has 0 aliphatic heterocycles. The van der Waals surface area contributed by atoms with E-state index in [1.54, 1.807) is 6.55 Å². The zero-order valence-corrected chi connectivity index (χ0v) is 20.1. The molecule has 0 rings (SSSR count). The minimum Gasteiger partial charge on any atom is -0.464 e. The topological polar surface area (TPSA) is 55.4 Å². The maximum atomic E-state index is 12.0. The number of carbonyl (C=O) groups excluding carboxylic acids is 1. The number of ether oxygens (including phenoxy) is 2. The molecular weight excluding hydrogens is 380 g/mol. The second-order valence-corrected chi connectivity index (χ2v) is 9.55. The number of hydrogen-bond donors (Lipinski definition) is 0. The highest BCUT2D eigenvalue weighted by molar-refractivity contribution is 6.48. The fraction of sp³-hybridized carbons (Fsp3) is 0.708. The van der Waals surface area contributed by atoms with Gasteiger partial charge in [-0.1, -0.05) is 62.6 Å². The average molecular weight is 424 g/mol. The minimum absolute atomic E-state index is 0.263. The molecule has 0 aromatic heterocycles. The van der Waals surface area contributed by atoms with Crippen molar-refractivity contribution in [3.8, 4) is 0 Å². The summed E-state index contributed by atoms with van der Waals surface area (Å²) < 4.78 is 10.8. The third-order valence-corrected chi connectivity index (χ3v) is 5.71. The molecule has 2 unspecified atom stereocenters. The molecular formula is C24H43O4Si. The van der Waals surface area contributed by atoms with Gasteiger partial charge in [0.15, 0.2) is 6.10 Å². The number of rotatable bonds is 19. The van der Waals surface area contributed by atoms with E-state index in [0.29, 0.717) is 19.6 Å². The summed E-state index contributed by atoms with van der Waals surface area (Å²) in [4.78, 5) is 23.2. The Morgan fingerprint density at radius 1 is 0.897 bits per heavy atom. The normalized spacial score (nSPS) is 14.2. The van der Waals surface area contributed by atoms with Crippen LogP contribution in [0.25, 0.3) is 0 Å². The third kappa shape index (κ3) is 19.9. The van der Waals surface area contributed by atoms with E-state index in [0.717, 1.165) is 57.4 Å². The molecule has 0 spiro atoms. The Kier molecular flexibility index (Phi) is 20.7. The molecule has 1 radical (unpaired) electrons. The van der Waals surface area contributed by atoms with Crippen LogP contribution in [0.4, 0.5) is 0 Å². The van der Waals surface area contributed by atoms with Crippen LogP contribution in [0.15, 0.2) is 36.5 Å². The molecule has 4 nitrogen and oxygen atoms in total. The minimum atomic E-state index is -1.78. The quantitative estimate of drug-likeness (QED) is 0.106. The monoisotopic (exact) mass is 423 g/mol. The Bertz CT molecular complexity index is 458. The molecule has 0 N–H and O–H groups in total. The zero-order valence-electron chi connectivity index (χ0n) is 18.9. The fourth-order valence-corrected chi connectivity index (χ4v) is 3.61. The Labute approximate surface area is 180 Å². The van der Waals surface area contributed by atoms with Crippen LogP contribution in [0.3, 0.4) is 0 Å². The van der Waals surface area contributed by atoms with Crippen LogP contribution in [-0.4, -0.2) is 34.3 Å². The van der Waals surface area contributed by atoms with Crippen LogP contribution in [0.2, 0.25) is 12.6 Å². The van der Waals surface area contributed by atoms with Crippen LogP contribution in [0.1, 0.15) is 78.1 Å². The number of allylic oxidation sites excluding steroid dienone is 6. The van der Waals surface area contributed by atoms with Crippen LogP contribution < -0.4 is 0 Å². The maximum Gasteiger partial charge on any atom is 0.335 e. The Morgan fingerprint density at radius 2 is 1.55 bits per heavy atom. The van der Waals surface area contributed by atoms with E-state index in [1.165, 1.54) is 6.42 Å². The number of unbranched alkanes of at least 4 members (excludes halogenated alkanes) is 4. The van der Waals surface area contributed by atoms with Crippen molar-refractivity contribution in [1.82, 2.24) is 0 Å². The van der Waals surface area contributed by atoms with Crippen molar-refractivity contribution in [3.63, 3.8) is 0 Å². The highest BCUT2D eigenvalue weighted by Crippen LogP contribution is 2.12.